The van der Waals surface area contributed by atoms with Crippen molar-refractivity contribution < 1.29 is 43.9 Å². The first-order valence-electron chi connectivity index (χ1n) is 18.4. The molecule has 288 valence electrons. The second kappa shape index (κ2) is 19.5. The van der Waals surface area contributed by atoms with E-state index in [9.17, 15) is 24.9 Å². The summed E-state index contributed by atoms with van der Waals surface area (Å²) in [4.78, 5) is 31.9. The van der Waals surface area contributed by atoms with Gasteiger partial charge in [0.25, 0.3) is 0 Å². The summed E-state index contributed by atoms with van der Waals surface area (Å²) in [5.41, 5.74) is 2.81. The molecule has 2 aliphatic heterocycles. The molecule has 0 aromatic carbocycles. The van der Waals surface area contributed by atoms with Gasteiger partial charge in [0.2, 0.25) is 0 Å². The van der Waals surface area contributed by atoms with Crippen molar-refractivity contribution in [2.75, 3.05) is 53.4 Å². The van der Waals surface area contributed by atoms with Crippen LogP contribution in [0.25, 0.3) is 0 Å². The van der Waals surface area contributed by atoms with Crippen LogP contribution in [0.4, 0.5) is 0 Å². The van der Waals surface area contributed by atoms with E-state index in [0.29, 0.717) is 39.1 Å². The number of Topliss-reactive ketones (excluding diaryl/α,β-unsaturated/α-hetero) is 1. The van der Waals surface area contributed by atoms with Crippen LogP contribution in [0.1, 0.15) is 88.0 Å². The molecule has 0 unspecified atom stereocenters. The number of carbonyl (C=O) groups is 2. The topological polar surface area (TPSA) is 176 Å². The van der Waals surface area contributed by atoms with E-state index in [1.165, 1.54) is 13.8 Å². The van der Waals surface area contributed by atoms with Gasteiger partial charge in [0.15, 0.2) is 12.1 Å². The highest BCUT2D eigenvalue weighted by Gasteiger charge is 2.50. The normalized spacial score (nSPS) is 40.9. The Kier molecular flexibility index (Phi) is 17.5. The average Bonchev–Trinajstić information content (AvgIpc) is 3.05. The van der Waals surface area contributed by atoms with Crippen LogP contribution in [0.5, 0.6) is 0 Å². The van der Waals surface area contributed by atoms with E-state index < -0.39 is 71.5 Å². The number of cyclic esters (lactones) is 1. The molecule has 2 aliphatic rings. The second-order valence-corrected chi connectivity index (χ2v) is 15.2. The number of hydrogen-bond donors (Lipinski definition) is 5. The maximum absolute atomic E-state index is 14.3. The third kappa shape index (κ3) is 11.4. The fraction of sp³-hybridized carbons (Fsp3) is 0.944. The lowest BCUT2D eigenvalue weighted by molar-refractivity contribution is -0.298. The van der Waals surface area contributed by atoms with Crippen molar-refractivity contribution in [3.05, 3.63) is 0 Å². The van der Waals surface area contributed by atoms with E-state index in [1.54, 1.807) is 13.8 Å². The number of nitrogens with one attached hydrogen (secondary N) is 1. The van der Waals surface area contributed by atoms with Crippen LogP contribution in [0, 0.1) is 17.8 Å². The molecule has 2 rings (SSSR count). The molecule has 0 aromatic rings. The Labute approximate surface area is 295 Å². The van der Waals surface area contributed by atoms with Crippen molar-refractivity contribution in [1.82, 2.24) is 15.1 Å². The molecular weight excluding hydrogens is 632 g/mol. The molecule has 0 bridgehead atoms. The minimum atomic E-state index is -1.77. The average molecular weight is 703 g/mol. The van der Waals surface area contributed by atoms with Gasteiger partial charge in [0.1, 0.15) is 29.8 Å². The first-order chi connectivity index (χ1) is 22.9. The number of aliphatic hydroxyl groups excluding tert-OH is 2. The minimum Gasteiger partial charge on any atom is -0.459 e. The van der Waals surface area contributed by atoms with Crippen LogP contribution in [0.3, 0.4) is 0 Å². The predicted molar refractivity (Wildman–Crippen MR) is 189 cm³/mol. The first kappa shape index (κ1) is 43.9. The van der Waals surface area contributed by atoms with Gasteiger partial charge in [-0.15, -0.1) is 0 Å². The molecule has 6 N–H and O–H groups in total. The second-order valence-electron chi connectivity index (χ2n) is 15.2. The molecule has 13 nitrogen and oxygen atoms in total. The Bertz CT molecular complexity index is 1020. The van der Waals surface area contributed by atoms with Crippen LogP contribution >= 0.6 is 0 Å². The number of nitrogens with zero attached hydrogens (tertiary/aromatic N) is 2. The van der Waals surface area contributed by atoms with Gasteiger partial charge < -0.3 is 55.1 Å². The quantitative estimate of drug-likeness (QED) is 0.113. The largest absolute Gasteiger partial charge is 0.459 e. The highest BCUT2D eigenvalue weighted by atomic mass is 16.7. The maximum Gasteiger partial charge on any atom is 0.316 e. The molecule has 0 saturated carbocycles. The molecule has 49 heavy (non-hydrogen) atoms. The molecule has 0 radical (unpaired) electrons. The summed E-state index contributed by atoms with van der Waals surface area (Å²) in [7, 11) is 3.83. The summed E-state index contributed by atoms with van der Waals surface area (Å²) < 4.78 is 25.5. The third-order valence-corrected chi connectivity index (χ3v) is 10.9. The van der Waals surface area contributed by atoms with Gasteiger partial charge in [0, 0.05) is 31.1 Å². The van der Waals surface area contributed by atoms with Crippen molar-refractivity contribution in [3.63, 3.8) is 0 Å². The molecular formula is C36H70N4O9. The number of rotatable bonds is 12. The lowest BCUT2D eigenvalue weighted by atomic mass is 9.78. The monoisotopic (exact) mass is 703 g/mol. The zero-order valence-corrected chi connectivity index (χ0v) is 32.2. The summed E-state index contributed by atoms with van der Waals surface area (Å²) in [5.74, 6) is -3.34. The molecule has 2 heterocycles. The van der Waals surface area contributed by atoms with Crippen LogP contribution in [-0.2, 0) is 28.5 Å². The Morgan fingerprint density at radius 2 is 1.76 bits per heavy atom. The standard InChI is InChI=1S/C36H70N4O9/c1-12-28-36(9,45)31(43)26(7)40(11)21-22(3)20-35(8,46-18-17-38-16-14-15-37)32(24(5)29(41)25(6)33(44)48-28)49-34-30(42)27(39(10)13-2)19-23(4)47-34/h22-28,30-32,34,38,42-43,45H,12-21,37H2,1-11H3/t22-,23-,24+,25-,26-,27+,28-,30-,31-,32-,34+,35-,36-/m1/s1. The van der Waals surface area contributed by atoms with E-state index >= 15 is 0 Å². The summed E-state index contributed by atoms with van der Waals surface area (Å²) in [6.07, 6.45) is -3.38. The van der Waals surface area contributed by atoms with Gasteiger partial charge >= 0.3 is 5.97 Å². The number of ketones is 1. The van der Waals surface area contributed by atoms with Gasteiger partial charge in [-0.3, -0.25) is 9.59 Å². The summed E-state index contributed by atoms with van der Waals surface area (Å²) in [5, 5.41) is 37.8. The number of likely N-dealkylation sites (N-methyl/N-ethyl adjacent to an activating group) is 2. The van der Waals surface area contributed by atoms with Crippen LogP contribution < -0.4 is 11.1 Å². The zero-order valence-electron chi connectivity index (χ0n) is 32.2. The van der Waals surface area contributed by atoms with Crippen LogP contribution in [-0.4, -0.2) is 150 Å². The van der Waals surface area contributed by atoms with Gasteiger partial charge in [-0.2, -0.15) is 0 Å². The Morgan fingerprint density at radius 1 is 1.10 bits per heavy atom. The summed E-state index contributed by atoms with van der Waals surface area (Å²) in [6, 6.07) is -0.724. The number of ether oxygens (including phenoxy) is 4. The fourth-order valence-corrected chi connectivity index (χ4v) is 7.57. The van der Waals surface area contributed by atoms with Gasteiger partial charge in [-0.25, -0.2) is 0 Å². The number of hydrogen-bond acceptors (Lipinski definition) is 13. The molecule has 13 atom stereocenters. The van der Waals surface area contributed by atoms with Crippen molar-refractivity contribution in [2.24, 2.45) is 23.5 Å². The number of carbonyl (C=O) groups excluding carboxylic acids is 2. The van der Waals surface area contributed by atoms with E-state index in [2.05, 4.69) is 17.1 Å². The van der Waals surface area contributed by atoms with Crippen molar-refractivity contribution in [3.8, 4) is 0 Å². The molecule has 0 aliphatic carbocycles. The highest BCUT2D eigenvalue weighted by molar-refractivity contribution is 6.00. The van der Waals surface area contributed by atoms with Crippen LogP contribution in [0.15, 0.2) is 0 Å². The van der Waals surface area contributed by atoms with Gasteiger partial charge in [-0.1, -0.05) is 27.7 Å². The minimum absolute atomic E-state index is 0.0364. The van der Waals surface area contributed by atoms with Crippen molar-refractivity contribution >= 4 is 11.8 Å². The maximum atomic E-state index is 14.3. The first-order valence-corrected chi connectivity index (χ1v) is 18.4. The van der Waals surface area contributed by atoms with E-state index in [4.69, 9.17) is 24.7 Å². The molecule has 0 spiro atoms. The summed E-state index contributed by atoms with van der Waals surface area (Å²) >= 11 is 0. The number of nitrogens with two attached hydrogens (primary N) is 1. The van der Waals surface area contributed by atoms with Crippen molar-refractivity contribution in [1.29, 1.82) is 0 Å². The molecule has 13 heteroatoms. The van der Waals surface area contributed by atoms with E-state index in [0.717, 1.165) is 19.5 Å². The van der Waals surface area contributed by atoms with E-state index in [1.807, 2.05) is 46.7 Å². The van der Waals surface area contributed by atoms with Gasteiger partial charge in [-0.05, 0) is 99.9 Å². The SMILES string of the molecule is CC[C@H]1OC(=O)[C@H](C)C(=O)[C@H](C)[C@@H](O[C@@H]2O[C@H](C)C[C@H](N(C)CC)[C@H]2O)[C@](C)(OCCNCCCN)C[C@@H](C)CN(C)[C@H](C)[C@@H](O)[C@]1(C)O. The number of aliphatic hydroxyl groups is 3. The third-order valence-electron chi connectivity index (χ3n) is 10.9. The molecule has 2 fully saturated rings. The van der Waals surface area contributed by atoms with Gasteiger partial charge in [0.05, 0.1) is 24.4 Å². The van der Waals surface area contributed by atoms with Crippen molar-refractivity contribution in [2.45, 2.75) is 148 Å². The highest BCUT2D eigenvalue weighted by Crippen LogP contribution is 2.37. The fourth-order valence-electron chi connectivity index (χ4n) is 7.57. The Morgan fingerprint density at radius 3 is 2.35 bits per heavy atom. The Balaban J connectivity index is 2.64. The van der Waals surface area contributed by atoms with E-state index in [-0.39, 0.29) is 24.5 Å². The lowest BCUT2D eigenvalue weighted by Crippen LogP contribution is -2.60. The molecule has 0 amide bonds. The Hall–Kier alpha value is -1.26. The zero-order chi connectivity index (χ0) is 37.3. The molecule has 0 aromatic heterocycles. The molecule has 2 saturated heterocycles. The lowest BCUT2D eigenvalue weighted by Gasteiger charge is -2.47. The number of esters is 1. The predicted octanol–water partition coefficient (Wildman–Crippen LogP) is 1.54. The smallest absolute Gasteiger partial charge is 0.316 e. The van der Waals surface area contributed by atoms with Crippen LogP contribution in [0.2, 0.25) is 0 Å². The summed E-state index contributed by atoms with van der Waals surface area (Å²) in [6.45, 7) is 19.6.